The lowest BCUT2D eigenvalue weighted by molar-refractivity contribution is -0.378. The molecular formula is C11H16ClN4O+. The maximum atomic E-state index is 12.2. The van der Waals surface area contributed by atoms with Gasteiger partial charge in [0.05, 0.1) is 0 Å². The molecule has 0 amide bonds. The second-order valence-electron chi connectivity index (χ2n) is 4.08. The zero-order valence-electron chi connectivity index (χ0n) is 10.2. The van der Waals surface area contributed by atoms with Crippen LogP contribution >= 0.6 is 11.6 Å². The smallest absolute Gasteiger partial charge is 0.288 e. The Morgan fingerprint density at radius 2 is 2.12 bits per heavy atom. The Bertz CT molecular complexity index is 597. The van der Waals surface area contributed by atoms with Crippen molar-refractivity contribution in [3.05, 3.63) is 22.0 Å². The van der Waals surface area contributed by atoms with Crippen molar-refractivity contribution in [1.82, 2.24) is 14.1 Å². The number of imidazole rings is 1. The van der Waals surface area contributed by atoms with Crippen LogP contribution in [0.5, 0.6) is 0 Å². The molecule has 0 radical (unpaired) electrons. The zero-order valence-corrected chi connectivity index (χ0v) is 11.0. The highest BCUT2D eigenvalue weighted by atomic mass is 35.5. The molecule has 2 aromatic heterocycles. The summed E-state index contributed by atoms with van der Waals surface area (Å²) < 4.78 is 3.32. The summed E-state index contributed by atoms with van der Waals surface area (Å²) in [5.74, 6) is 0. The maximum absolute atomic E-state index is 12.2. The van der Waals surface area contributed by atoms with Crippen molar-refractivity contribution in [1.29, 1.82) is 0 Å². The van der Waals surface area contributed by atoms with Gasteiger partial charge in [-0.3, -0.25) is 9.13 Å². The Labute approximate surface area is 104 Å². The summed E-state index contributed by atoms with van der Waals surface area (Å²) in [5, 5.41) is 0.294. The third kappa shape index (κ3) is 1.84. The first-order valence-corrected chi connectivity index (χ1v) is 6.13. The number of aromatic amines is 1. The highest BCUT2D eigenvalue weighted by molar-refractivity contribution is 6.27. The molecule has 2 aromatic rings. The molecule has 17 heavy (non-hydrogen) atoms. The summed E-state index contributed by atoms with van der Waals surface area (Å²) >= 11 is 5.85. The van der Waals surface area contributed by atoms with E-state index in [1.165, 1.54) is 0 Å². The molecule has 0 saturated carbocycles. The van der Waals surface area contributed by atoms with Gasteiger partial charge in [0.25, 0.3) is 5.65 Å². The molecule has 0 spiro atoms. The van der Waals surface area contributed by atoms with Gasteiger partial charge in [0, 0.05) is 24.7 Å². The largest absolute Gasteiger partial charge is 0.396 e. The van der Waals surface area contributed by atoms with Gasteiger partial charge in [-0.05, 0) is 17.8 Å². The standard InChI is InChI=1S/C11H15ClN4O/c1-4-7(5-2)16-9-8(15(3)11(16)17)6-13-10(12)14-9/h6-7H,4-5H2,1-3H3/p+1. The first-order chi connectivity index (χ1) is 8.10. The zero-order chi connectivity index (χ0) is 12.6. The summed E-state index contributed by atoms with van der Waals surface area (Å²) in [4.78, 5) is 19.2. The number of rotatable bonds is 3. The van der Waals surface area contributed by atoms with E-state index in [1.54, 1.807) is 22.4 Å². The lowest BCUT2D eigenvalue weighted by atomic mass is 10.2. The van der Waals surface area contributed by atoms with E-state index < -0.39 is 0 Å². The molecule has 0 atom stereocenters. The normalized spacial score (nSPS) is 11.6. The highest BCUT2D eigenvalue weighted by Gasteiger charge is 2.22. The summed E-state index contributed by atoms with van der Waals surface area (Å²) in [6.45, 7) is 4.13. The fourth-order valence-corrected chi connectivity index (χ4v) is 2.27. The number of aromatic nitrogens is 4. The average Bonchev–Trinajstić information content (AvgIpc) is 2.56. The fraction of sp³-hybridized carbons (Fsp3) is 0.545. The molecule has 0 aliphatic heterocycles. The molecule has 0 saturated heterocycles. The predicted molar refractivity (Wildman–Crippen MR) is 66.2 cm³/mol. The SMILES string of the molecule is CCC(CC)n1c(=O)n(C)c2c[nH+]c(Cl)nc21. The van der Waals surface area contributed by atoms with Crippen LogP contribution in [-0.4, -0.2) is 14.1 Å². The number of aryl methyl sites for hydroxylation is 1. The lowest BCUT2D eigenvalue weighted by Gasteiger charge is -2.11. The number of hydrogen-bond donors (Lipinski definition) is 0. The Hall–Kier alpha value is -1.36. The summed E-state index contributed by atoms with van der Waals surface area (Å²) in [5.41, 5.74) is 1.37. The molecule has 0 unspecified atom stereocenters. The van der Waals surface area contributed by atoms with Gasteiger partial charge in [-0.15, -0.1) is 0 Å². The van der Waals surface area contributed by atoms with E-state index in [0.717, 1.165) is 18.4 Å². The Balaban J connectivity index is 2.81. The molecule has 0 aromatic carbocycles. The third-order valence-corrected chi connectivity index (χ3v) is 3.34. The number of hydrogen-bond acceptors (Lipinski definition) is 2. The van der Waals surface area contributed by atoms with Crippen LogP contribution in [0, 0.1) is 0 Å². The molecule has 2 heterocycles. The van der Waals surface area contributed by atoms with Gasteiger partial charge in [-0.25, -0.2) is 9.78 Å². The third-order valence-electron chi connectivity index (χ3n) is 3.15. The van der Waals surface area contributed by atoms with Gasteiger partial charge < -0.3 is 0 Å². The quantitative estimate of drug-likeness (QED) is 0.782. The van der Waals surface area contributed by atoms with Crippen molar-refractivity contribution < 1.29 is 4.98 Å². The van der Waals surface area contributed by atoms with Crippen LogP contribution in [0.25, 0.3) is 11.2 Å². The Morgan fingerprint density at radius 3 is 2.71 bits per heavy atom. The van der Waals surface area contributed by atoms with Gasteiger partial charge >= 0.3 is 11.0 Å². The van der Waals surface area contributed by atoms with Crippen LogP contribution < -0.4 is 10.7 Å². The second kappa shape index (κ2) is 4.49. The van der Waals surface area contributed by atoms with E-state index in [9.17, 15) is 4.79 Å². The molecule has 6 heteroatoms. The topological polar surface area (TPSA) is 54.0 Å². The number of nitrogens with one attached hydrogen (secondary N) is 1. The molecule has 2 rings (SSSR count). The average molecular weight is 256 g/mol. The van der Waals surface area contributed by atoms with E-state index in [0.29, 0.717) is 10.9 Å². The minimum Gasteiger partial charge on any atom is -0.288 e. The number of nitrogens with zero attached hydrogens (tertiary/aromatic N) is 3. The van der Waals surface area contributed by atoms with Gasteiger partial charge in [-0.1, -0.05) is 13.8 Å². The molecular weight excluding hydrogens is 240 g/mol. The van der Waals surface area contributed by atoms with Crippen LogP contribution in [-0.2, 0) is 7.05 Å². The minimum atomic E-state index is -0.0446. The van der Waals surface area contributed by atoms with E-state index in [4.69, 9.17) is 11.6 Å². The molecule has 5 nitrogen and oxygen atoms in total. The highest BCUT2D eigenvalue weighted by Crippen LogP contribution is 2.19. The Kier molecular flexibility index (Phi) is 3.19. The second-order valence-corrected chi connectivity index (χ2v) is 4.44. The van der Waals surface area contributed by atoms with Crippen LogP contribution in [0.3, 0.4) is 0 Å². The predicted octanol–water partition coefficient (Wildman–Crippen LogP) is 1.56. The number of fused-ring (bicyclic) bond motifs is 1. The van der Waals surface area contributed by atoms with Gasteiger partial charge in [-0.2, -0.15) is 0 Å². The van der Waals surface area contributed by atoms with E-state index >= 15 is 0 Å². The molecule has 0 aliphatic rings. The summed E-state index contributed by atoms with van der Waals surface area (Å²) in [6, 6.07) is 0.164. The fourth-order valence-electron chi connectivity index (χ4n) is 2.14. The van der Waals surface area contributed by atoms with E-state index in [1.807, 2.05) is 0 Å². The number of halogens is 1. The van der Waals surface area contributed by atoms with Crippen molar-refractivity contribution in [2.75, 3.05) is 0 Å². The van der Waals surface area contributed by atoms with E-state index in [2.05, 4.69) is 23.8 Å². The van der Waals surface area contributed by atoms with Gasteiger partial charge in [0.1, 0.15) is 6.20 Å². The number of H-pyrrole nitrogens is 1. The molecule has 0 aliphatic carbocycles. The first kappa shape index (κ1) is 12.1. The maximum Gasteiger partial charge on any atom is 0.396 e. The lowest BCUT2D eigenvalue weighted by Crippen LogP contribution is -2.25. The van der Waals surface area contributed by atoms with Crippen molar-refractivity contribution >= 4 is 22.8 Å². The monoisotopic (exact) mass is 255 g/mol. The molecule has 0 bridgehead atoms. The summed E-state index contributed by atoms with van der Waals surface area (Å²) in [7, 11) is 1.74. The van der Waals surface area contributed by atoms with Crippen molar-refractivity contribution in [3.63, 3.8) is 0 Å². The molecule has 0 fully saturated rings. The Morgan fingerprint density at radius 1 is 1.47 bits per heavy atom. The van der Waals surface area contributed by atoms with Gasteiger partial charge in [0.2, 0.25) is 0 Å². The van der Waals surface area contributed by atoms with Gasteiger partial charge in [0.15, 0.2) is 5.52 Å². The first-order valence-electron chi connectivity index (χ1n) is 5.75. The van der Waals surface area contributed by atoms with E-state index in [-0.39, 0.29) is 11.7 Å². The summed E-state index contributed by atoms with van der Waals surface area (Å²) in [6.07, 6.45) is 3.51. The molecule has 92 valence electrons. The van der Waals surface area contributed by atoms with Crippen molar-refractivity contribution in [2.24, 2.45) is 7.05 Å². The van der Waals surface area contributed by atoms with Crippen molar-refractivity contribution in [2.45, 2.75) is 32.7 Å². The van der Waals surface area contributed by atoms with Crippen LogP contribution in [0.4, 0.5) is 0 Å². The molecule has 1 N–H and O–H groups in total. The minimum absolute atomic E-state index is 0.0446. The van der Waals surface area contributed by atoms with Crippen LogP contribution in [0.15, 0.2) is 11.0 Å². The van der Waals surface area contributed by atoms with Crippen LogP contribution in [0.1, 0.15) is 32.7 Å². The van der Waals surface area contributed by atoms with Crippen LogP contribution in [0.2, 0.25) is 5.28 Å². The van der Waals surface area contributed by atoms with Crippen molar-refractivity contribution in [3.8, 4) is 0 Å².